The minimum atomic E-state index is -4.44. The van der Waals surface area contributed by atoms with Gasteiger partial charge < -0.3 is 10.2 Å². The van der Waals surface area contributed by atoms with Crippen molar-refractivity contribution in [3.63, 3.8) is 0 Å². The lowest BCUT2D eigenvalue weighted by molar-refractivity contribution is -0.137. The summed E-state index contributed by atoms with van der Waals surface area (Å²) in [5, 5.41) is 10.8. The summed E-state index contributed by atoms with van der Waals surface area (Å²) < 4.78 is 39.8. The summed E-state index contributed by atoms with van der Waals surface area (Å²) in [6.07, 6.45) is -0.0909. The predicted molar refractivity (Wildman–Crippen MR) is 101 cm³/mol. The van der Waals surface area contributed by atoms with Crippen LogP contribution in [0.2, 0.25) is 0 Å². The highest BCUT2D eigenvalue weighted by Gasteiger charge is 2.31. The molecule has 0 atom stereocenters. The summed E-state index contributed by atoms with van der Waals surface area (Å²) >= 11 is 0. The number of nitrogens with one attached hydrogen (secondary N) is 1. The van der Waals surface area contributed by atoms with Gasteiger partial charge in [0.05, 0.1) is 17.4 Å². The van der Waals surface area contributed by atoms with Crippen molar-refractivity contribution in [2.75, 3.05) is 26.7 Å². The van der Waals surface area contributed by atoms with Gasteiger partial charge in [0.15, 0.2) is 5.69 Å². The quantitative estimate of drug-likeness (QED) is 0.811. The van der Waals surface area contributed by atoms with E-state index in [9.17, 15) is 18.0 Å². The van der Waals surface area contributed by atoms with Crippen molar-refractivity contribution in [1.82, 2.24) is 25.2 Å². The number of likely N-dealkylation sites (tertiary alicyclic amines) is 1. The van der Waals surface area contributed by atoms with Crippen LogP contribution >= 0.6 is 12.4 Å². The van der Waals surface area contributed by atoms with Gasteiger partial charge in [0.1, 0.15) is 0 Å². The lowest BCUT2D eigenvalue weighted by Crippen LogP contribution is -2.39. The van der Waals surface area contributed by atoms with Crippen LogP contribution < -0.4 is 5.32 Å². The monoisotopic (exact) mass is 417 g/mol. The van der Waals surface area contributed by atoms with Crippen LogP contribution in [-0.4, -0.2) is 52.5 Å². The molecule has 1 amide bonds. The number of aromatic nitrogens is 3. The Hall–Kier alpha value is -2.13. The van der Waals surface area contributed by atoms with Crippen molar-refractivity contribution in [2.24, 2.45) is 5.92 Å². The van der Waals surface area contributed by atoms with E-state index in [0.717, 1.165) is 37.9 Å². The second-order valence-corrected chi connectivity index (χ2v) is 6.72. The zero-order valence-corrected chi connectivity index (χ0v) is 16.3. The van der Waals surface area contributed by atoms with Gasteiger partial charge in [0, 0.05) is 13.1 Å². The average molecular weight is 418 g/mol. The lowest BCUT2D eigenvalue weighted by Gasteiger charge is -2.31. The van der Waals surface area contributed by atoms with Gasteiger partial charge in [0.25, 0.3) is 5.91 Å². The Morgan fingerprint density at radius 1 is 1.29 bits per heavy atom. The van der Waals surface area contributed by atoms with Gasteiger partial charge in [0.2, 0.25) is 0 Å². The third-order valence-corrected chi connectivity index (χ3v) is 4.85. The van der Waals surface area contributed by atoms with Crippen molar-refractivity contribution in [2.45, 2.75) is 25.4 Å². The molecule has 2 aromatic rings. The largest absolute Gasteiger partial charge is 0.416 e. The number of hydrogen-bond donors (Lipinski definition) is 1. The first kappa shape index (κ1) is 22.2. The summed E-state index contributed by atoms with van der Waals surface area (Å²) in [7, 11) is 1.92. The van der Waals surface area contributed by atoms with Crippen molar-refractivity contribution in [3.8, 4) is 5.69 Å². The van der Waals surface area contributed by atoms with E-state index in [1.54, 1.807) is 4.90 Å². The Balaban J connectivity index is 0.00000280. The van der Waals surface area contributed by atoms with Crippen LogP contribution in [0.25, 0.3) is 5.69 Å². The fraction of sp³-hybridized carbons (Fsp3) is 0.500. The van der Waals surface area contributed by atoms with Gasteiger partial charge in [-0.25, -0.2) is 4.68 Å². The molecule has 2 heterocycles. The van der Waals surface area contributed by atoms with E-state index in [4.69, 9.17) is 0 Å². The number of piperidine rings is 1. The van der Waals surface area contributed by atoms with Crippen molar-refractivity contribution in [3.05, 3.63) is 41.7 Å². The molecular formula is C18H23ClF3N5O. The van der Waals surface area contributed by atoms with Gasteiger partial charge in [-0.2, -0.15) is 13.2 Å². The van der Waals surface area contributed by atoms with E-state index in [2.05, 4.69) is 15.6 Å². The topological polar surface area (TPSA) is 63.1 Å². The highest BCUT2D eigenvalue weighted by Crippen LogP contribution is 2.30. The Labute approximate surface area is 167 Å². The van der Waals surface area contributed by atoms with Crippen LogP contribution in [0.4, 0.5) is 13.2 Å². The molecule has 1 saturated heterocycles. The minimum absolute atomic E-state index is 0. The first-order valence-corrected chi connectivity index (χ1v) is 8.92. The third-order valence-electron chi connectivity index (χ3n) is 4.85. The lowest BCUT2D eigenvalue weighted by atomic mass is 9.93. The summed E-state index contributed by atoms with van der Waals surface area (Å²) in [5.41, 5.74) is -0.421. The molecule has 10 heteroatoms. The van der Waals surface area contributed by atoms with Gasteiger partial charge in [-0.15, -0.1) is 17.5 Å². The molecule has 0 radical (unpaired) electrons. The minimum Gasteiger partial charge on any atom is -0.337 e. The molecule has 1 N–H and O–H groups in total. The van der Waals surface area contributed by atoms with Gasteiger partial charge in [-0.05, 0) is 57.0 Å². The molecule has 3 rings (SSSR count). The van der Waals surface area contributed by atoms with Gasteiger partial charge in [-0.1, -0.05) is 11.3 Å². The smallest absolute Gasteiger partial charge is 0.337 e. The van der Waals surface area contributed by atoms with Crippen molar-refractivity contribution >= 4 is 18.3 Å². The molecule has 0 unspecified atom stereocenters. The van der Waals surface area contributed by atoms with E-state index in [1.165, 1.54) is 23.0 Å². The molecule has 154 valence electrons. The summed E-state index contributed by atoms with van der Waals surface area (Å²) in [4.78, 5) is 14.3. The van der Waals surface area contributed by atoms with Crippen LogP contribution in [0.3, 0.4) is 0 Å². The van der Waals surface area contributed by atoms with E-state index in [-0.39, 0.29) is 29.7 Å². The third kappa shape index (κ3) is 5.23. The van der Waals surface area contributed by atoms with Crippen LogP contribution in [0.5, 0.6) is 0 Å². The molecular weight excluding hydrogens is 395 g/mol. The van der Waals surface area contributed by atoms with E-state index in [0.29, 0.717) is 19.0 Å². The molecule has 1 fully saturated rings. The number of carbonyl (C=O) groups excluding carboxylic acids is 1. The molecule has 0 saturated carbocycles. The molecule has 1 aliphatic heterocycles. The van der Waals surface area contributed by atoms with Crippen molar-refractivity contribution in [1.29, 1.82) is 0 Å². The standard InChI is InChI=1S/C18H22F3N5O.ClH/c1-22-8-5-13-6-9-25(10-7-13)17(27)16-12-26(24-23-16)15-4-2-3-14(11-15)18(19,20)21;/h2-4,11-13,22H,5-10H2,1H3;1H. The molecule has 1 aliphatic rings. The highest BCUT2D eigenvalue weighted by atomic mass is 35.5. The van der Waals surface area contributed by atoms with Crippen LogP contribution in [0, 0.1) is 5.92 Å². The SMILES string of the molecule is CNCCC1CCN(C(=O)c2cn(-c3cccc(C(F)(F)F)c3)nn2)CC1.Cl. The maximum Gasteiger partial charge on any atom is 0.416 e. The predicted octanol–water partition coefficient (Wildman–Crippen LogP) is 3.17. The molecule has 28 heavy (non-hydrogen) atoms. The van der Waals surface area contributed by atoms with Gasteiger partial charge >= 0.3 is 6.18 Å². The Kier molecular flexibility index (Phi) is 7.42. The normalized spacial score (nSPS) is 15.4. The van der Waals surface area contributed by atoms with Gasteiger partial charge in [-0.3, -0.25) is 4.79 Å². The maximum absolute atomic E-state index is 12.9. The second-order valence-electron chi connectivity index (χ2n) is 6.72. The number of carbonyl (C=O) groups is 1. The summed E-state index contributed by atoms with van der Waals surface area (Å²) in [6.45, 7) is 2.27. The molecule has 1 aromatic carbocycles. The van der Waals surface area contributed by atoms with E-state index in [1.807, 2.05) is 7.05 Å². The molecule has 0 spiro atoms. The number of amides is 1. The van der Waals surface area contributed by atoms with Crippen LogP contribution in [0.1, 0.15) is 35.3 Å². The number of nitrogens with zero attached hydrogens (tertiary/aromatic N) is 4. The summed E-state index contributed by atoms with van der Waals surface area (Å²) in [6, 6.07) is 4.77. The maximum atomic E-state index is 12.9. The number of halogens is 4. The Morgan fingerprint density at radius 2 is 2.00 bits per heavy atom. The fourth-order valence-electron chi connectivity index (χ4n) is 3.25. The first-order chi connectivity index (χ1) is 12.9. The molecule has 0 bridgehead atoms. The summed E-state index contributed by atoms with van der Waals surface area (Å²) in [5.74, 6) is 0.364. The Bertz CT molecular complexity index is 788. The van der Waals surface area contributed by atoms with E-state index >= 15 is 0 Å². The number of hydrogen-bond acceptors (Lipinski definition) is 4. The average Bonchev–Trinajstić information content (AvgIpc) is 3.16. The number of alkyl halides is 3. The molecule has 6 nitrogen and oxygen atoms in total. The van der Waals surface area contributed by atoms with Crippen LogP contribution in [-0.2, 0) is 6.18 Å². The molecule has 0 aliphatic carbocycles. The first-order valence-electron chi connectivity index (χ1n) is 8.92. The zero-order valence-electron chi connectivity index (χ0n) is 15.4. The molecule has 1 aromatic heterocycles. The highest BCUT2D eigenvalue weighted by molar-refractivity contribution is 5.92. The van der Waals surface area contributed by atoms with E-state index < -0.39 is 11.7 Å². The zero-order chi connectivity index (χ0) is 19.4. The van der Waals surface area contributed by atoms with Crippen LogP contribution in [0.15, 0.2) is 30.5 Å². The van der Waals surface area contributed by atoms with Crippen molar-refractivity contribution < 1.29 is 18.0 Å². The number of rotatable bonds is 5. The fourth-order valence-corrected chi connectivity index (χ4v) is 3.25. The number of benzene rings is 1. The second kappa shape index (κ2) is 9.38. The Morgan fingerprint density at radius 3 is 2.64 bits per heavy atom.